The van der Waals surface area contributed by atoms with Crippen LogP contribution in [0.2, 0.25) is 0 Å². The van der Waals surface area contributed by atoms with Crippen molar-refractivity contribution in [2.75, 3.05) is 0 Å². The largest absolute Gasteiger partial charge is 0.390 e. The minimum atomic E-state index is -0.100. The van der Waals surface area contributed by atoms with Gasteiger partial charge in [0.15, 0.2) is 0 Å². The van der Waals surface area contributed by atoms with E-state index in [-0.39, 0.29) is 51.8 Å². The van der Waals surface area contributed by atoms with E-state index in [2.05, 4.69) is 129 Å². The molecule has 0 saturated heterocycles. The fourth-order valence-electron chi connectivity index (χ4n) is 3.41. The van der Waals surface area contributed by atoms with Gasteiger partial charge in [0.2, 0.25) is 0 Å². The van der Waals surface area contributed by atoms with Crippen molar-refractivity contribution in [3.05, 3.63) is 54.7 Å². The molecule has 3 rings (SSSR count). The molecule has 0 spiro atoms. The zero-order valence-corrected chi connectivity index (χ0v) is 27.0. The van der Waals surface area contributed by atoms with E-state index >= 15 is 0 Å². The van der Waals surface area contributed by atoms with Crippen molar-refractivity contribution in [3.63, 3.8) is 0 Å². The Balaban J connectivity index is 0.00000261. The Kier molecular flexibility index (Phi) is 9.84. The molecule has 27 heavy (non-hydrogen) atoms. The number of aryl methyl sites for hydroxylation is 1. The minimum Gasteiger partial charge on any atom is -0.250 e. The Bertz CT molecular complexity index is 827. The van der Waals surface area contributed by atoms with Gasteiger partial charge in [0, 0.05) is 37.1 Å². The summed E-state index contributed by atoms with van der Waals surface area (Å²) in [7, 11) is 0. The first-order chi connectivity index (χ1) is 12.2. The van der Waals surface area contributed by atoms with Crippen LogP contribution >= 0.6 is 75.0 Å². The van der Waals surface area contributed by atoms with Crippen LogP contribution in [0.1, 0.15) is 47.9 Å². The van der Waals surface area contributed by atoms with Crippen molar-refractivity contribution in [3.8, 4) is 0 Å². The molecule has 1 aliphatic heterocycles. The number of rotatable bonds is 6. The summed E-state index contributed by atoms with van der Waals surface area (Å²) in [5, 5.41) is 0.578. The maximum Gasteiger partial charge on any atom is 0.390 e. The van der Waals surface area contributed by atoms with Crippen molar-refractivity contribution in [1.82, 2.24) is 0 Å². The number of thioether (sulfide) groups is 1. The molecule has 8 heteroatoms. The number of hydrogen-bond donors (Lipinski definition) is 0. The molecule has 0 aliphatic carbocycles. The predicted molar refractivity (Wildman–Crippen MR) is 144 cm³/mol. The first-order valence-corrected chi connectivity index (χ1v) is 22.9. The predicted octanol–water partition coefficient (Wildman–Crippen LogP) is 6.08. The van der Waals surface area contributed by atoms with Crippen molar-refractivity contribution in [2.45, 2.75) is 50.7 Å². The summed E-state index contributed by atoms with van der Waals surface area (Å²) < 4.78 is 3.27. The summed E-state index contributed by atoms with van der Waals surface area (Å²) in [5.74, 6) is 0. The maximum absolute atomic E-state index is 2.61. The standard InChI is InChI=1S/C19H21S3.2Al.2HI.Mn.2H/c1-13-10-12-21-17(13)19(4,5)16-9-8-15(22-16)18(2,3)14-7-6-11-20-14;;;;;;;/h6-10,14H,1-5H3;;;2*1H;;;/q-1;2*+1;;;;;/p-2. The molecule has 1 unspecified atom stereocenters. The summed E-state index contributed by atoms with van der Waals surface area (Å²) in [6.45, 7) is 12.0. The van der Waals surface area contributed by atoms with Gasteiger partial charge in [-0.15, -0.1) is 11.3 Å². The Hall–Kier alpha value is 2.40. The smallest absolute Gasteiger partial charge is 0.250 e. The average molecular weight is 710 g/mol. The Morgan fingerprint density at radius 2 is 1.70 bits per heavy atom. The minimum absolute atomic E-state index is 0. The normalized spacial score (nSPS) is 17.1. The van der Waals surface area contributed by atoms with Gasteiger partial charge in [0.05, 0.1) is 0 Å². The second kappa shape index (κ2) is 10.3. The third-order valence-electron chi connectivity index (χ3n) is 5.10. The number of halogens is 2. The number of thiophene rings is 2. The van der Waals surface area contributed by atoms with E-state index in [9.17, 15) is 0 Å². The molecule has 3 heterocycles. The maximum atomic E-state index is 2.61. The number of hydrogen-bond acceptors (Lipinski definition) is 3. The molecule has 1 atom stereocenters. The Morgan fingerprint density at radius 1 is 1.04 bits per heavy atom. The third kappa shape index (κ3) is 5.43. The molecular formula is C19H23Al2I2MnS3-. The SMILES string of the molecule is Cc1c[c]([AlH][I])sc1C(C)(C)c1ccc(C(C)(C)C2[CH-]C=[C]([AlH][I])S2)s1.[Mn]. The van der Waals surface area contributed by atoms with Crippen molar-refractivity contribution in [1.29, 1.82) is 0 Å². The van der Waals surface area contributed by atoms with Crippen LogP contribution < -0.4 is 3.74 Å². The fraction of sp³-hybridized carbons (Fsp3) is 0.421. The van der Waals surface area contributed by atoms with E-state index in [1.807, 2.05) is 11.3 Å². The van der Waals surface area contributed by atoms with Gasteiger partial charge in [-0.25, -0.2) is 53.0 Å². The monoisotopic (exact) mass is 710 g/mol. The fourth-order valence-corrected chi connectivity index (χ4v) is 13.4. The summed E-state index contributed by atoms with van der Waals surface area (Å²) in [5.41, 5.74) is 1.78. The van der Waals surface area contributed by atoms with Crippen LogP contribution in [0.25, 0.3) is 0 Å². The molecule has 0 aromatic carbocycles. The molecule has 1 radical (unpaired) electrons. The van der Waals surface area contributed by atoms with Gasteiger partial charge < -0.3 is 0 Å². The van der Waals surface area contributed by atoms with Crippen LogP contribution in [0.15, 0.2) is 28.0 Å². The molecule has 0 N–H and O–H groups in total. The molecular weight excluding hydrogens is 687 g/mol. The van der Waals surface area contributed by atoms with Crippen LogP contribution in [0, 0.1) is 13.3 Å². The van der Waals surface area contributed by atoms with Crippen LogP contribution in [0.5, 0.6) is 0 Å². The van der Waals surface area contributed by atoms with Crippen LogP contribution in [-0.4, -0.2) is 29.1 Å². The second-order valence-electron chi connectivity index (χ2n) is 7.87. The molecule has 0 nitrogen and oxygen atoms in total. The van der Waals surface area contributed by atoms with Gasteiger partial charge in [-0.3, -0.25) is 11.8 Å². The average Bonchev–Trinajstić information content (AvgIpc) is 3.33. The zero-order valence-electron chi connectivity index (χ0n) is 16.2. The molecule has 0 saturated carbocycles. The van der Waals surface area contributed by atoms with E-state index in [0.717, 1.165) is 0 Å². The van der Waals surface area contributed by atoms with Crippen LogP contribution in [0.3, 0.4) is 0 Å². The topological polar surface area (TPSA) is 0 Å². The molecule has 1 aliphatic rings. The molecule has 2 aromatic heterocycles. The Labute approximate surface area is 221 Å². The quantitative estimate of drug-likeness (QED) is 0.199. The summed E-state index contributed by atoms with van der Waals surface area (Å²) in [4.78, 5) is 4.59. The molecule has 145 valence electrons. The van der Waals surface area contributed by atoms with Gasteiger partial charge in [0.25, 0.3) is 11.9 Å². The summed E-state index contributed by atoms with van der Waals surface area (Å²) in [6.07, 6.45) is 4.83. The molecule has 0 bridgehead atoms. The van der Waals surface area contributed by atoms with Gasteiger partial charge in [0.1, 0.15) is 0 Å². The van der Waals surface area contributed by atoms with Crippen LogP contribution in [-0.2, 0) is 27.9 Å². The Morgan fingerprint density at radius 3 is 2.26 bits per heavy atom. The van der Waals surface area contributed by atoms with E-state index < -0.39 is 0 Å². The van der Waals surface area contributed by atoms with E-state index in [1.165, 1.54) is 15.3 Å². The van der Waals surface area contributed by atoms with Gasteiger partial charge in [-0.2, -0.15) is 15.1 Å². The number of allylic oxidation sites excluding steroid dienone is 1. The molecule has 0 amide bonds. The van der Waals surface area contributed by atoms with Crippen LogP contribution in [0.4, 0.5) is 0 Å². The third-order valence-corrected chi connectivity index (χ3v) is 20.5. The van der Waals surface area contributed by atoms with E-state index in [4.69, 9.17) is 0 Å². The van der Waals surface area contributed by atoms with E-state index in [0.29, 0.717) is 5.25 Å². The molecule has 0 fully saturated rings. The van der Waals surface area contributed by atoms with Crippen molar-refractivity contribution in [2.24, 2.45) is 0 Å². The van der Waals surface area contributed by atoms with Gasteiger partial charge in [-0.1, -0.05) is 37.5 Å². The van der Waals surface area contributed by atoms with E-state index in [1.54, 1.807) is 12.4 Å². The first kappa shape index (κ1) is 25.7. The zero-order chi connectivity index (χ0) is 19.1. The van der Waals surface area contributed by atoms with Crippen molar-refractivity contribution < 1.29 is 17.1 Å². The summed E-state index contributed by atoms with van der Waals surface area (Å²) in [6, 6.07) is 7.22. The van der Waals surface area contributed by atoms with Gasteiger partial charge in [-0.05, 0) is 35.3 Å². The molecule has 2 aromatic rings. The van der Waals surface area contributed by atoms with Crippen molar-refractivity contribution >= 4 is 103 Å². The summed E-state index contributed by atoms with van der Waals surface area (Å²) >= 11 is 11.2. The first-order valence-electron chi connectivity index (χ1n) is 8.73. The second-order valence-corrected chi connectivity index (χ2v) is 19.0. The van der Waals surface area contributed by atoms with Gasteiger partial charge >= 0.3 is 11.9 Å².